The zero-order valence-corrected chi connectivity index (χ0v) is 11.6. The fraction of sp³-hybridized carbons (Fsp3) is 0.357. The van der Waals surface area contributed by atoms with Crippen LogP contribution in [0.3, 0.4) is 0 Å². The van der Waals surface area contributed by atoms with Crippen LogP contribution in [0.25, 0.3) is 11.3 Å². The third-order valence-electron chi connectivity index (χ3n) is 2.91. The van der Waals surface area contributed by atoms with Crippen LogP contribution < -0.4 is 4.90 Å². The van der Waals surface area contributed by atoms with Crippen LogP contribution >= 0.6 is 11.3 Å². The van der Waals surface area contributed by atoms with E-state index in [2.05, 4.69) is 23.7 Å². The molecule has 0 fully saturated rings. The Morgan fingerprint density at radius 1 is 1.17 bits per heavy atom. The SMILES string of the molecule is CCN(CC)c1nc(-c2ccccc2)c(CO)s1. The van der Waals surface area contributed by atoms with Gasteiger partial charge in [0.2, 0.25) is 0 Å². The lowest BCUT2D eigenvalue weighted by atomic mass is 10.1. The van der Waals surface area contributed by atoms with Crippen molar-refractivity contribution in [2.45, 2.75) is 20.5 Å². The van der Waals surface area contributed by atoms with Crippen molar-refractivity contribution in [1.29, 1.82) is 0 Å². The summed E-state index contributed by atoms with van der Waals surface area (Å²) in [5.74, 6) is 0. The molecule has 1 aromatic carbocycles. The van der Waals surface area contributed by atoms with Crippen LogP contribution in [0.1, 0.15) is 18.7 Å². The summed E-state index contributed by atoms with van der Waals surface area (Å²) in [6.07, 6.45) is 0. The Balaban J connectivity index is 2.42. The second kappa shape index (κ2) is 5.98. The van der Waals surface area contributed by atoms with E-state index in [1.54, 1.807) is 11.3 Å². The van der Waals surface area contributed by atoms with Gasteiger partial charge in [0.05, 0.1) is 17.2 Å². The van der Waals surface area contributed by atoms with Gasteiger partial charge in [0, 0.05) is 18.7 Å². The molecule has 0 aliphatic rings. The van der Waals surface area contributed by atoms with E-state index < -0.39 is 0 Å². The van der Waals surface area contributed by atoms with Gasteiger partial charge in [-0.1, -0.05) is 41.7 Å². The number of hydrogen-bond donors (Lipinski definition) is 1. The Bertz CT molecular complexity index is 492. The fourth-order valence-electron chi connectivity index (χ4n) is 1.90. The monoisotopic (exact) mass is 262 g/mol. The lowest BCUT2D eigenvalue weighted by Crippen LogP contribution is -2.21. The molecule has 0 amide bonds. The van der Waals surface area contributed by atoms with Crippen LogP contribution in [-0.4, -0.2) is 23.2 Å². The minimum Gasteiger partial charge on any atom is -0.391 e. The molecule has 0 bridgehead atoms. The van der Waals surface area contributed by atoms with Crippen molar-refractivity contribution in [3.63, 3.8) is 0 Å². The molecular weight excluding hydrogens is 244 g/mol. The molecule has 96 valence electrons. The Kier molecular flexibility index (Phi) is 4.33. The third-order valence-corrected chi connectivity index (χ3v) is 4.01. The number of anilines is 1. The first-order valence-corrected chi connectivity index (χ1v) is 7.02. The molecule has 0 atom stereocenters. The van der Waals surface area contributed by atoms with Gasteiger partial charge in [0.25, 0.3) is 0 Å². The molecule has 1 N–H and O–H groups in total. The summed E-state index contributed by atoms with van der Waals surface area (Å²) in [6.45, 7) is 6.15. The highest BCUT2D eigenvalue weighted by molar-refractivity contribution is 7.16. The van der Waals surface area contributed by atoms with Gasteiger partial charge in [-0.3, -0.25) is 0 Å². The second-order valence-electron chi connectivity index (χ2n) is 3.96. The van der Waals surface area contributed by atoms with Gasteiger partial charge in [-0.05, 0) is 13.8 Å². The maximum atomic E-state index is 9.47. The summed E-state index contributed by atoms with van der Waals surface area (Å²) in [5, 5.41) is 10.5. The Hall–Kier alpha value is -1.39. The largest absolute Gasteiger partial charge is 0.391 e. The van der Waals surface area contributed by atoms with Gasteiger partial charge >= 0.3 is 0 Å². The maximum absolute atomic E-state index is 9.47. The van der Waals surface area contributed by atoms with Crippen molar-refractivity contribution in [3.05, 3.63) is 35.2 Å². The van der Waals surface area contributed by atoms with Crippen LogP contribution in [0.2, 0.25) is 0 Å². The minimum absolute atomic E-state index is 0.0448. The molecule has 0 unspecified atom stereocenters. The van der Waals surface area contributed by atoms with Crippen molar-refractivity contribution >= 4 is 16.5 Å². The quantitative estimate of drug-likeness (QED) is 0.899. The lowest BCUT2D eigenvalue weighted by molar-refractivity contribution is 0.286. The summed E-state index contributed by atoms with van der Waals surface area (Å²) in [5.41, 5.74) is 1.97. The van der Waals surface area contributed by atoms with E-state index in [9.17, 15) is 5.11 Å². The fourth-order valence-corrected chi connectivity index (χ4v) is 2.97. The topological polar surface area (TPSA) is 36.4 Å². The van der Waals surface area contributed by atoms with Crippen molar-refractivity contribution in [2.24, 2.45) is 0 Å². The molecule has 2 aromatic rings. The number of thiazole rings is 1. The summed E-state index contributed by atoms with van der Waals surface area (Å²) < 4.78 is 0. The van der Waals surface area contributed by atoms with Crippen LogP contribution in [0, 0.1) is 0 Å². The number of aliphatic hydroxyl groups is 1. The van der Waals surface area contributed by atoms with E-state index in [4.69, 9.17) is 0 Å². The number of nitrogens with zero attached hydrogens (tertiary/aromatic N) is 2. The first-order chi connectivity index (χ1) is 8.80. The van der Waals surface area contributed by atoms with Gasteiger partial charge < -0.3 is 10.0 Å². The average Bonchev–Trinajstić information content (AvgIpc) is 2.85. The molecule has 1 heterocycles. The number of hydrogen-bond acceptors (Lipinski definition) is 4. The van der Waals surface area contributed by atoms with Crippen LogP contribution in [0.5, 0.6) is 0 Å². The summed E-state index contributed by atoms with van der Waals surface area (Å²) in [4.78, 5) is 7.82. The highest BCUT2D eigenvalue weighted by atomic mass is 32.1. The van der Waals surface area contributed by atoms with Gasteiger partial charge in [-0.25, -0.2) is 4.98 Å². The van der Waals surface area contributed by atoms with E-state index >= 15 is 0 Å². The number of aromatic nitrogens is 1. The Morgan fingerprint density at radius 2 is 1.83 bits per heavy atom. The molecule has 18 heavy (non-hydrogen) atoms. The summed E-state index contributed by atoms with van der Waals surface area (Å²) in [7, 11) is 0. The molecule has 0 spiro atoms. The number of aliphatic hydroxyl groups excluding tert-OH is 1. The van der Waals surface area contributed by atoms with Crippen molar-refractivity contribution in [3.8, 4) is 11.3 Å². The molecule has 4 heteroatoms. The molecule has 1 aromatic heterocycles. The van der Waals surface area contributed by atoms with Crippen LogP contribution in [-0.2, 0) is 6.61 Å². The van der Waals surface area contributed by atoms with Crippen molar-refractivity contribution in [1.82, 2.24) is 4.98 Å². The van der Waals surface area contributed by atoms with E-state index in [1.807, 2.05) is 30.3 Å². The molecule has 0 aliphatic carbocycles. The Morgan fingerprint density at radius 3 is 2.39 bits per heavy atom. The van der Waals surface area contributed by atoms with Gasteiger partial charge in [-0.15, -0.1) is 0 Å². The van der Waals surface area contributed by atoms with Gasteiger partial charge in [0.1, 0.15) is 0 Å². The predicted molar refractivity (Wildman–Crippen MR) is 77.0 cm³/mol. The third kappa shape index (κ3) is 2.54. The van der Waals surface area contributed by atoms with E-state index in [-0.39, 0.29) is 6.61 Å². The second-order valence-corrected chi connectivity index (χ2v) is 5.03. The number of benzene rings is 1. The van der Waals surface area contributed by atoms with Crippen LogP contribution in [0.4, 0.5) is 5.13 Å². The van der Waals surface area contributed by atoms with E-state index in [0.717, 1.165) is 34.4 Å². The lowest BCUT2D eigenvalue weighted by Gasteiger charge is -2.16. The smallest absolute Gasteiger partial charge is 0.186 e. The van der Waals surface area contributed by atoms with Crippen molar-refractivity contribution < 1.29 is 5.11 Å². The average molecular weight is 262 g/mol. The molecule has 0 radical (unpaired) electrons. The van der Waals surface area contributed by atoms with Gasteiger partial charge in [-0.2, -0.15) is 0 Å². The summed E-state index contributed by atoms with van der Waals surface area (Å²) >= 11 is 1.58. The Labute approximate surface area is 112 Å². The predicted octanol–water partition coefficient (Wildman–Crippen LogP) is 3.15. The minimum atomic E-state index is 0.0448. The molecule has 0 aliphatic heterocycles. The zero-order valence-electron chi connectivity index (χ0n) is 10.8. The first kappa shape index (κ1) is 13.1. The summed E-state index contributed by atoms with van der Waals surface area (Å²) in [6, 6.07) is 10.0. The van der Waals surface area contributed by atoms with Crippen molar-refractivity contribution in [2.75, 3.05) is 18.0 Å². The van der Waals surface area contributed by atoms with Crippen LogP contribution in [0.15, 0.2) is 30.3 Å². The normalized spacial score (nSPS) is 10.6. The highest BCUT2D eigenvalue weighted by Gasteiger charge is 2.15. The molecule has 2 rings (SSSR count). The molecule has 0 saturated carbocycles. The number of rotatable bonds is 5. The first-order valence-electron chi connectivity index (χ1n) is 6.21. The van der Waals surface area contributed by atoms with E-state index in [1.165, 1.54) is 0 Å². The van der Waals surface area contributed by atoms with E-state index in [0.29, 0.717) is 0 Å². The molecule has 0 saturated heterocycles. The van der Waals surface area contributed by atoms with Gasteiger partial charge in [0.15, 0.2) is 5.13 Å². The standard InChI is InChI=1S/C14H18N2OS/c1-3-16(4-2)14-15-13(12(10-17)18-14)11-8-6-5-7-9-11/h5-9,17H,3-4,10H2,1-2H3. The molecular formula is C14H18N2OS. The maximum Gasteiger partial charge on any atom is 0.186 e. The highest BCUT2D eigenvalue weighted by Crippen LogP contribution is 2.32. The zero-order chi connectivity index (χ0) is 13.0. The molecule has 3 nitrogen and oxygen atoms in total.